The fourth-order valence-corrected chi connectivity index (χ4v) is 7.85. The highest BCUT2D eigenvalue weighted by molar-refractivity contribution is 5.79. The van der Waals surface area contributed by atoms with Crippen LogP contribution in [0.1, 0.15) is 141 Å². The van der Waals surface area contributed by atoms with E-state index in [0.29, 0.717) is 37.4 Å². The van der Waals surface area contributed by atoms with Gasteiger partial charge in [-0.05, 0) is 79.5 Å². The van der Waals surface area contributed by atoms with Gasteiger partial charge in [0.1, 0.15) is 11.5 Å². The molecule has 354 valence electrons. The number of benzene rings is 2. The molecule has 8 nitrogen and oxygen atoms in total. The number of unbranched alkanes of at least 4 members (excludes halogenated alkanes) is 14. The van der Waals surface area contributed by atoms with Gasteiger partial charge in [-0.3, -0.25) is 9.59 Å². The van der Waals surface area contributed by atoms with Crippen LogP contribution >= 0.6 is 0 Å². The van der Waals surface area contributed by atoms with E-state index >= 15 is 0 Å². The zero-order chi connectivity index (χ0) is 43.9. The normalized spacial score (nSPS) is 11.3. The number of amides is 2. The lowest BCUT2D eigenvalue weighted by molar-refractivity contribution is -0.890. The second-order valence-electron chi connectivity index (χ2n) is 18.3. The SMILES string of the molecule is C=CCc1ccc(OCC(=O)NCCC[N+](C)(C)CCCCCCCCCC)c(-c2ccc(OCC(=O)NCCC[N+](C)(C)CCCCCCCCCC)c(CC=C)c2)c1.[Br-].[Br-]. The van der Waals surface area contributed by atoms with Crippen molar-refractivity contribution < 1.29 is 62.0 Å². The molecule has 0 spiro atoms. The summed E-state index contributed by atoms with van der Waals surface area (Å²) in [6, 6.07) is 12.0. The first-order valence-electron chi connectivity index (χ1n) is 23.8. The van der Waals surface area contributed by atoms with E-state index in [2.05, 4.69) is 78.0 Å². The van der Waals surface area contributed by atoms with Crippen LogP contribution in [0, 0.1) is 0 Å². The molecule has 2 aromatic rings. The molecular weight excluding hydrogens is 904 g/mol. The second-order valence-corrected chi connectivity index (χ2v) is 18.3. The summed E-state index contributed by atoms with van der Waals surface area (Å²) in [5.41, 5.74) is 3.86. The number of rotatable bonds is 37. The minimum absolute atomic E-state index is 0. The molecule has 62 heavy (non-hydrogen) atoms. The highest BCUT2D eigenvalue weighted by Crippen LogP contribution is 2.35. The third-order valence-electron chi connectivity index (χ3n) is 11.6. The summed E-state index contributed by atoms with van der Waals surface area (Å²) < 4.78 is 14.2. The number of carbonyl (C=O) groups is 2. The summed E-state index contributed by atoms with van der Waals surface area (Å²) in [7, 11) is 9.17. The van der Waals surface area contributed by atoms with Crippen molar-refractivity contribution in [2.75, 3.05) is 80.7 Å². The van der Waals surface area contributed by atoms with Crippen molar-refractivity contribution in [2.45, 2.75) is 142 Å². The third kappa shape index (κ3) is 27.5. The molecule has 0 heterocycles. The Balaban J connectivity index is 0.0000186. The van der Waals surface area contributed by atoms with Crippen LogP contribution in [-0.2, 0) is 22.4 Å². The fraction of sp³-hybridized carbons (Fsp3) is 0.654. The van der Waals surface area contributed by atoms with E-state index in [1.807, 2.05) is 36.4 Å². The van der Waals surface area contributed by atoms with Crippen LogP contribution in [0.25, 0.3) is 11.1 Å². The molecule has 2 aromatic carbocycles. The Kier molecular flexibility index (Phi) is 34.1. The van der Waals surface area contributed by atoms with Crippen molar-refractivity contribution in [1.82, 2.24) is 10.6 Å². The molecule has 0 bridgehead atoms. The zero-order valence-electron chi connectivity index (χ0n) is 40.1. The van der Waals surface area contributed by atoms with Gasteiger partial charge in [0.2, 0.25) is 0 Å². The van der Waals surface area contributed by atoms with Crippen LogP contribution in [0.5, 0.6) is 11.5 Å². The molecule has 0 aliphatic carbocycles. The molecule has 2 rings (SSSR count). The van der Waals surface area contributed by atoms with Crippen molar-refractivity contribution in [3.8, 4) is 22.6 Å². The Morgan fingerprint density at radius 3 is 1.44 bits per heavy atom. The zero-order valence-corrected chi connectivity index (χ0v) is 43.3. The maximum atomic E-state index is 12.9. The predicted molar refractivity (Wildman–Crippen MR) is 255 cm³/mol. The fourth-order valence-electron chi connectivity index (χ4n) is 7.85. The van der Waals surface area contributed by atoms with Crippen molar-refractivity contribution in [1.29, 1.82) is 0 Å². The lowest BCUT2D eigenvalue weighted by atomic mass is 9.97. The first kappa shape index (κ1) is 59.3. The van der Waals surface area contributed by atoms with Gasteiger partial charge < -0.3 is 63.0 Å². The van der Waals surface area contributed by atoms with Crippen molar-refractivity contribution in [3.05, 3.63) is 72.8 Å². The lowest BCUT2D eigenvalue weighted by Crippen LogP contribution is -3.00. The molecular formula is C52H88Br2N4O4. The van der Waals surface area contributed by atoms with E-state index in [4.69, 9.17) is 9.47 Å². The van der Waals surface area contributed by atoms with Crippen molar-refractivity contribution in [3.63, 3.8) is 0 Å². The standard InChI is InChI=1S/C52H86N4O4.2BrH/c1-9-13-15-17-19-21-23-25-37-55(5,6)39-27-35-53-51(57)43-59-49-34-32-46(42-47(49)30-12-4)48-41-45(29-11-3)31-33-50(48)60-44-52(58)54-36-28-40-56(7,8)38-26-24-22-20-18-16-14-10-2;;/h11-12,31-34,41-42H,3-4,9-10,13-30,35-40,43-44H2,1-2,5-8H3;2*1H. The van der Waals surface area contributed by atoms with Crippen molar-refractivity contribution >= 4 is 11.8 Å². The number of nitrogens with zero attached hydrogens (tertiary/aromatic N) is 2. The van der Waals surface area contributed by atoms with Gasteiger partial charge in [0.25, 0.3) is 11.8 Å². The molecule has 0 atom stereocenters. The predicted octanol–water partition coefficient (Wildman–Crippen LogP) is 5.02. The number of hydrogen-bond donors (Lipinski definition) is 2. The average molecular weight is 993 g/mol. The van der Waals surface area contributed by atoms with Gasteiger partial charge >= 0.3 is 0 Å². The molecule has 0 radical (unpaired) electrons. The molecule has 0 unspecified atom stereocenters. The highest BCUT2D eigenvalue weighted by atomic mass is 79.9. The Hall–Kier alpha value is -2.66. The molecule has 10 heteroatoms. The van der Waals surface area contributed by atoms with Crippen LogP contribution in [0.2, 0.25) is 0 Å². The first-order valence-corrected chi connectivity index (χ1v) is 23.8. The molecule has 0 aliphatic rings. The van der Waals surface area contributed by atoms with E-state index in [-0.39, 0.29) is 59.0 Å². The summed E-state index contributed by atoms with van der Waals surface area (Å²) >= 11 is 0. The number of hydrogen-bond acceptors (Lipinski definition) is 4. The van der Waals surface area contributed by atoms with Gasteiger partial charge in [0, 0.05) is 31.5 Å². The van der Waals surface area contributed by atoms with Crippen LogP contribution in [-0.4, -0.2) is 101 Å². The van der Waals surface area contributed by atoms with Gasteiger partial charge in [-0.2, -0.15) is 0 Å². The largest absolute Gasteiger partial charge is 1.00 e. The number of allylic oxidation sites excluding steroid dienone is 2. The van der Waals surface area contributed by atoms with E-state index in [1.54, 1.807) is 0 Å². The number of carbonyl (C=O) groups excluding carboxylic acids is 2. The van der Waals surface area contributed by atoms with Crippen LogP contribution in [0.15, 0.2) is 61.7 Å². The molecule has 2 amide bonds. The van der Waals surface area contributed by atoms with E-state index in [9.17, 15) is 9.59 Å². The minimum Gasteiger partial charge on any atom is -1.00 e. The monoisotopic (exact) mass is 991 g/mol. The van der Waals surface area contributed by atoms with Gasteiger partial charge in [-0.15, -0.1) is 13.2 Å². The van der Waals surface area contributed by atoms with Crippen molar-refractivity contribution in [2.24, 2.45) is 0 Å². The molecule has 0 fully saturated rings. The van der Waals surface area contributed by atoms with Crippen LogP contribution < -0.4 is 54.1 Å². The third-order valence-corrected chi connectivity index (χ3v) is 11.6. The van der Waals surface area contributed by atoms with E-state index in [0.717, 1.165) is 57.2 Å². The quantitative estimate of drug-likeness (QED) is 0.0567. The molecule has 0 saturated heterocycles. The number of halogens is 2. The molecule has 2 N–H and O–H groups in total. The number of nitrogens with one attached hydrogen (secondary N) is 2. The maximum absolute atomic E-state index is 12.9. The summed E-state index contributed by atoms with van der Waals surface area (Å²) in [6.07, 6.45) is 28.2. The Labute approximate surface area is 400 Å². The Bertz CT molecular complexity index is 1520. The lowest BCUT2D eigenvalue weighted by Gasteiger charge is -2.30. The van der Waals surface area contributed by atoms with Gasteiger partial charge in [-0.1, -0.05) is 115 Å². The van der Waals surface area contributed by atoms with Gasteiger partial charge in [0.05, 0.1) is 54.4 Å². The summed E-state index contributed by atoms with van der Waals surface area (Å²) in [5, 5.41) is 6.12. The first-order chi connectivity index (χ1) is 28.9. The van der Waals surface area contributed by atoms with E-state index in [1.165, 1.54) is 116 Å². The van der Waals surface area contributed by atoms with Crippen LogP contribution in [0.3, 0.4) is 0 Å². The summed E-state index contributed by atoms with van der Waals surface area (Å²) in [5.74, 6) is 1.05. The summed E-state index contributed by atoms with van der Waals surface area (Å²) in [6.45, 7) is 18.0. The second kappa shape index (κ2) is 35.7. The van der Waals surface area contributed by atoms with Gasteiger partial charge in [-0.25, -0.2) is 0 Å². The molecule has 0 saturated carbocycles. The summed E-state index contributed by atoms with van der Waals surface area (Å²) in [4.78, 5) is 25.7. The number of ether oxygens (including phenoxy) is 2. The molecule has 0 aliphatic heterocycles. The Morgan fingerprint density at radius 1 is 0.548 bits per heavy atom. The topological polar surface area (TPSA) is 76.7 Å². The minimum atomic E-state index is -0.125. The average Bonchev–Trinajstić information content (AvgIpc) is 3.22. The Morgan fingerprint density at radius 2 is 0.968 bits per heavy atom. The number of quaternary nitrogens is 2. The smallest absolute Gasteiger partial charge is 0.257 e. The highest BCUT2D eigenvalue weighted by Gasteiger charge is 2.17. The van der Waals surface area contributed by atoms with Crippen LogP contribution in [0.4, 0.5) is 0 Å². The maximum Gasteiger partial charge on any atom is 0.257 e. The van der Waals surface area contributed by atoms with Gasteiger partial charge in [0.15, 0.2) is 13.2 Å². The van der Waals surface area contributed by atoms with E-state index < -0.39 is 0 Å². The molecule has 0 aromatic heterocycles.